The van der Waals surface area contributed by atoms with E-state index in [0.717, 1.165) is 66.5 Å². The van der Waals surface area contributed by atoms with Gasteiger partial charge in [0.05, 0.1) is 11.0 Å². The molecule has 0 aliphatic carbocycles. The summed E-state index contributed by atoms with van der Waals surface area (Å²) in [5, 5.41) is 4.56. The highest BCUT2D eigenvalue weighted by molar-refractivity contribution is 6.22. The minimum atomic E-state index is 0.627. The summed E-state index contributed by atoms with van der Waals surface area (Å²) in [6.07, 6.45) is 0. The molecule has 5 heteroatoms. The maximum Gasteiger partial charge on any atom is 0.164 e. The molecule has 0 saturated heterocycles. The van der Waals surface area contributed by atoms with Crippen LogP contribution in [0.25, 0.3) is 94.7 Å². The van der Waals surface area contributed by atoms with E-state index in [1.807, 2.05) is 60.7 Å². The van der Waals surface area contributed by atoms with E-state index >= 15 is 0 Å². The lowest BCUT2D eigenvalue weighted by molar-refractivity contribution is 0.672. The van der Waals surface area contributed by atoms with Crippen LogP contribution in [0.15, 0.2) is 174 Å². The topological polar surface area (TPSA) is 56.7 Å². The Hall–Kier alpha value is -6.85. The van der Waals surface area contributed by atoms with E-state index in [4.69, 9.17) is 19.4 Å². The van der Waals surface area contributed by atoms with E-state index in [0.29, 0.717) is 17.5 Å². The van der Waals surface area contributed by atoms with Crippen molar-refractivity contribution in [2.24, 2.45) is 0 Å². The van der Waals surface area contributed by atoms with Gasteiger partial charge >= 0.3 is 0 Å². The van der Waals surface area contributed by atoms with E-state index in [1.165, 1.54) is 10.8 Å². The fourth-order valence-electron chi connectivity index (χ4n) is 7.11. The normalized spacial score (nSPS) is 11.6. The molecule has 3 heterocycles. The van der Waals surface area contributed by atoms with E-state index in [1.54, 1.807) is 0 Å². The van der Waals surface area contributed by atoms with Crippen LogP contribution in [0.2, 0.25) is 0 Å². The summed E-state index contributed by atoms with van der Waals surface area (Å²) in [6.45, 7) is 0. The third-order valence-electron chi connectivity index (χ3n) is 9.47. The fraction of sp³-hybridized carbons (Fsp3) is 0. The van der Waals surface area contributed by atoms with Crippen LogP contribution < -0.4 is 0 Å². The number of benzene rings is 7. The number of hydrogen-bond donors (Lipinski definition) is 0. The second-order valence-electron chi connectivity index (χ2n) is 12.4. The molecule has 0 spiro atoms. The first kappa shape index (κ1) is 28.2. The number of aromatic nitrogens is 4. The fourth-order valence-corrected chi connectivity index (χ4v) is 7.11. The summed E-state index contributed by atoms with van der Waals surface area (Å²) in [5.41, 5.74) is 9.98. The minimum absolute atomic E-state index is 0.627. The summed E-state index contributed by atoms with van der Waals surface area (Å²) in [6, 6.07) is 58.4. The molecular formula is C45H28N4O. The predicted molar refractivity (Wildman–Crippen MR) is 203 cm³/mol. The lowest BCUT2D eigenvalue weighted by Gasteiger charge is -2.09. The monoisotopic (exact) mass is 640 g/mol. The van der Waals surface area contributed by atoms with Gasteiger partial charge in [-0.25, -0.2) is 15.0 Å². The number of fused-ring (bicyclic) bond motifs is 7. The molecule has 0 saturated carbocycles. The Morgan fingerprint density at radius 3 is 1.52 bits per heavy atom. The zero-order valence-corrected chi connectivity index (χ0v) is 26.9. The third-order valence-corrected chi connectivity index (χ3v) is 9.47. The molecule has 0 aliphatic heterocycles. The van der Waals surface area contributed by atoms with Gasteiger partial charge in [0, 0.05) is 49.5 Å². The SMILES string of the molecule is c1ccc(-c2nc(-c3ccccc3)nc(-c3ccc(-c4cccc5c4oc4c5ccc5c6ccccc6n(-c6ccccc6)c54)cc3)n2)cc1. The third kappa shape index (κ3) is 4.52. The molecular weight excluding hydrogens is 613 g/mol. The smallest absolute Gasteiger partial charge is 0.164 e. The molecule has 10 rings (SSSR count). The second-order valence-corrected chi connectivity index (χ2v) is 12.4. The van der Waals surface area contributed by atoms with Gasteiger partial charge in [0.25, 0.3) is 0 Å². The maximum atomic E-state index is 6.93. The van der Waals surface area contributed by atoms with E-state index < -0.39 is 0 Å². The van der Waals surface area contributed by atoms with Crippen molar-refractivity contribution in [2.75, 3.05) is 0 Å². The van der Waals surface area contributed by atoms with Gasteiger partial charge in [-0.15, -0.1) is 0 Å². The average Bonchev–Trinajstić information content (AvgIpc) is 3.75. The van der Waals surface area contributed by atoms with Crippen molar-refractivity contribution >= 4 is 43.7 Å². The standard InChI is InChI=1S/C45H28N4O/c1-4-13-30(14-5-1)43-46-44(31-15-6-2-7-16-31)48-45(47-43)32-25-23-29(24-26-32)34-20-12-21-37-38-28-27-36-35-19-10-11-22-39(35)49(33-17-8-3-9-18-33)40(36)42(38)50-41(34)37/h1-28H. The molecule has 234 valence electrons. The van der Waals surface area contributed by atoms with Crippen molar-refractivity contribution in [2.45, 2.75) is 0 Å². The van der Waals surface area contributed by atoms with E-state index in [9.17, 15) is 0 Å². The lowest BCUT2D eigenvalue weighted by Crippen LogP contribution is -2.00. The Kier molecular flexibility index (Phi) is 6.42. The molecule has 0 bridgehead atoms. The lowest BCUT2D eigenvalue weighted by atomic mass is 10.0. The van der Waals surface area contributed by atoms with Crippen molar-refractivity contribution in [3.63, 3.8) is 0 Å². The molecule has 0 aliphatic rings. The zero-order valence-electron chi connectivity index (χ0n) is 26.9. The molecule has 5 nitrogen and oxygen atoms in total. The molecule has 10 aromatic rings. The highest BCUT2D eigenvalue weighted by atomic mass is 16.3. The summed E-state index contributed by atoms with van der Waals surface area (Å²) >= 11 is 0. The minimum Gasteiger partial charge on any atom is -0.453 e. The van der Waals surface area contributed by atoms with Gasteiger partial charge in [-0.05, 0) is 29.8 Å². The van der Waals surface area contributed by atoms with E-state index in [-0.39, 0.29) is 0 Å². The molecule has 3 aromatic heterocycles. The number of para-hydroxylation sites is 3. The van der Waals surface area contributed by atoms with Gasteiger partial charge in [-0.2, -0.15) is 0 Å². The number of hydrogen-bond acceptors (Lipinski definition) is 4. The quantitative estimate of drug-likeness (QED) is 0.188. The maximum absolute atomic E-state index is 6.93. The Balaban J connectivity index is 1.12. The van der Waals surface area contributed by atoms with Crippen LogP contribution in [0.4, 0.5) is 0 Å². The molecule has 50 heavy (non-hydrogen) atoms. The molecule has 0 atom stereocenters. The zero-order chi connectivity index (χ0) is 33.0. The van der Waals surface area contributed by atoms with E-state index in [2.05, 4.69) is 114 Å². The Morgan fingerprint density at radius 1 is 0.360 bits per heavy atom. The number of furan rings is 1. The first-order chi connectivity index (χ1) is 24.8. The van der Waals surface area contributed by atoms with Crippen molar-refractivity contribution in [1.29, 1.82) is 0 Å². The van der Waals surface area contributed by atoms with Crippen molar-refractivity contribution in [3.8, 4) is 51.0 Å². The molecule has 0 radical (unpaired) electrons. The predicted octanol–water partition coefficient (Wildman–Crippen LogP) is 11.5. The first-order valence-corrected chi connectivity index (χ1v) is 16.7. The number of rotatable bonds is 5. The van der Waals surface area contributed by atoms with Gasteiger partial charge < -0.3 is 8.98 Å². The van der Waals surface area contributed by atoms with Crippen molar-refractivity contribution < 1.29 is 4.42 Å². The molecule has 7 aromatic carbocycles. The van der Waals surface area contributed by atoms with Crippen LogP contribution >= 0.6 is 0 Å². The largest absolute Gasteiger partial charge is 0.453 e. The van der Waals surface area contributed by atoms with Gasteiger partial charge in [-0.1, -0.05) is 146 Å². The average molecular weight is 641 g/mol. The van der Waals surface area contributed by atoms with Crippen LogP contribution in [0.5, 0.6) is 0 Å². The molecule has 0 N–H and O–H groups in total. The van der Waals surface area contributed by atoms with Crippen LogP contribution in [-0.4, -0.2) is 19.5 Å². The van der Waals surface area contributed by atoms with Gasteiger partial charge in [-0.3, -0.25) is 0 Å². The van der Waals surface area contributed by atoms with Crippen LogP contribution in [0.1, 0.15) is 0 Å². The van der Waals surface area contributed by atoms with Crippen molar-refractivity contribution in [1.82, 2.24) is 19.5 Å². The molecule has 0 fully saturated rings. The molecule has 0 unspecified atom stereocenters. The Bertz CT molecular complexity index is 2780. The summed E-state index contributed by atoms with van der Waals surface area (Å²) in [5.74, 6) is 1.91. The first-order valence-electron chi connectivity index (χ1n) is 16.7. The Labute approximate surface area is 287 Å². The van der Waals surface area contributed by atoms with Gasteiger partial charge in [0.15, 0.2) is 23.1 Å². The highest BCUT2D eigenvalue weighted by Gasteiger charge is 2.20. The van der Waals surface area contributed by atoms with Crippen LogP contribution in [0.3, 0.4) is 0 Å². The summed E-state index contributed by atoms with van der Waals surface area (Å²) in [7, 11) is 0. The molecule has 0 amide bonds. The number of nitrogens with zero attached hydrogens (tertiary/aromatic N) is 4. The summed E-state index contributed by atoms with van der Waals surface area (Å²) in [4.78, 5) is 14.7. The van der Waals surface area contributed by atoms with Crippen LogP contribution in [0, 0.1) is 0 Å². The Morgan fingerprint density at radius 2 is 0.860 bits per heavy atom. The van der Waals surface area contributed by atoms with Gasteiger partial charge in [0.2, 0.25) is 0 Å². The van der Waals surface area contributed by atoms with Crippen LogP contribution in [-0.2, 0) is 0 Å². The second kappa shape index (κ2) is 11.4. The van der Waals surface area contributed by atoms with Crippen molar-refractivity contribution in [3.05, 3.63) is 170 Å². The van der Waals surface area contributed by atoms with Gasteiger partial charge in [0.1, 0.15) is 5.58 Å². The highest BCUT2D eigenvalue weighted by Crippen LogP contribution is 2.42. The summed E-state index contributed by atoms with van der Waals surface area (Å²) < 4.78 is 9.26.